The number of alkyl halides is 3. The Labute approximate surface area is 162 Å². The van der Waals surface area contributed by atoms with Gasteiger partial charge in [0.2, 0.25) is 0 Å². The molecule has 0 aliphatic carbocycles. The topological polar surface area (TPSA) is 45.7 Å². The van der Waals surface area contributed by atoms with Gasteiger partial charge in [0, 0.05) is 13.6 Å². The molecular formula is C15H22ClF3IN3O. The van der Waals surface area contributed by atoms with E-state index in [1.165, 1.54) is 7.05 Å². The quantitative estimate of drug-likeness (QED) is 0.349. The Hall–Kier alpha value is -0.900. The van der Waals surface area contributed by atoms with Crippen LogP contribution in [0.1, 0.15) is 19.8 Å². The molecule has 0 aromatic heterocycles. The van der Waals surface area contributed by atoms with Crippen molar-refractivity contribution in [2.45, 2.75) is 32.0 Å². The van der Waals surface area contributed by atoms with E-state index in [-0.39, 0.29) is 36.6 Å². The molecule has 0 heterocycles. The Morgan fingerprint density at radius 3 is 2.50 bits per heavy atom. The fourth-order valence-corrected chi connectivity index (χ4v) is 1.92. The highest BCUT2D eigenvalue weighted by atomic mass is 127. The van der Waals surface area contributed by atoms with Crippen LogP contribution in [-0.2, 0) is 0 Å². The summed E-state index contributed by atoms with van der Waals surface area (Å²) in [6, 6.07) is 7.12. The van der Waals surface area contributed by atoms with Crippen molar-refractivity contribution in [2.75, 3.05) is 20.1 Å². The first-order valence-corrected chi connectivity index (χ1v) is 7.66. The molecule has 0 radical (unpaired) electrons. The van der Waals surface area contributed by atoms with Gasteiger partial charge < -0.3 is 15.4 Å². The number of nitrogens with zero attached hydrogens (tertiary/aromatic N) is 1. The molecular weight excluding hydrogens is 458 g/mol. The Balaban J connectivity index is 0.00000529. The van der Waals surface area contributed by atoms with Crippen LogP contribution < -0.4 is 15.4 Å². The third-order valence-corrected chi connectivity index (χ3v) is 3.32. The van der Waals surface area contributed by atoms with Crippen LogP contribution in [0.4, 0.5) is 13.2 Å². The molecule has 0 saturated heterocycles. The van der Waals surface area contributed by atoms with Crippen molar-refractivity contribution >= 4 is 41.5 Å². The Bertz CT molecular complexity index is 515. The average molecular weight is 480 g/mol. The number of aliphatic imine (C=N–C) groups is 1. The van der Waals surface area contributed by atoms with Crippen LogP contribution >= 0.6 is 35.6 Å². The normalized spacial score (nSPS) is 13.0. The molecule has 1 rings (SSSR count). The van der Waals surface area contributed by atoms with Gasteiger partial charge in [0.15, 0.2) is 5.96 Å². The molecule has 1 aromatic rings. The largest absolute Gasteiger partial charge is 0.487 e. The van der Waals surface area contributed by atoms with E-state index >= 15 is 0 Å². The molecule has 0 bridgehead atoms. The molecule has 0 spiro atoms. The second kappa shape index (κ2) is 11.6. The number of ether oxygens (including phenoxy) is 1. The van der Waals surface area contributed by atoms with E-state index in [0.29, 0.717) is 29.7 Å². The second-order valence-electron chi connectivity index (χ2n) is 4.82. The molecule has 1 aromatic carbocycles. The molecule has 1 unspecified atom stereocenters. The third kappa shape index (κ3) is 9.41. The molecule has 138 valence electrons. The minimum Gasteiger partial charge on any atom is -0.487 e. The summed E-state index contributed by atoms with van der Waals surface area (Å²) in [5, 5.41) is 6.08. The summed E-state index contributed by atoms with van der Waals surface area (Å²) in [4.78, 5) is 3.88. The van der Waals surface area contributed by atoms with Crippen LogP contribution in [-0.4, -0.2) is 38.4 Å². The standard InChI is InChI=1S/C15H21ClF3N3O.HI/c1-3-11(23-13-7-5-4-6-12(13)16)10-22-14(20-2)21-9-8-15(17,18)19;/h4-7,11H,3,8-10H2,1-2H3,(H2,20,21,22);1H. The number of halogens is 5. The predicted molar refractivity (Wildman–Crippen MR) is 102 cm³/mol. The lowest BCUT2D eigenvalue weighted by Crippen LogP contribution is -2.43. The van der Waals surface area contributed by atoms with Crippen LogP contribution in [0.25, 0.3) is 0 Å². The maximum atomic E-state index is 12.1. The summed E-state index contributed by atoms with van der Waals surface area (Å²) in [6.45, 7) is 2.11. The Kier molecular flexibility index (Phi) is 11.2. The highest BCUT2D eigenvalue weighted by molar-refractivity contribution is 14.0. The lowest BCUT2D eigenvalue weighted by molar-refractivity contribution is -0.132. The zero-order valence-electron chi connectivity index (χ0n) is 13.5. The van der Waals surface area contributed by atoms with E-state index in [1.807, 2.05) is 13.0 Å². The second-order valence-corrected chi connectivity index (χ2v) is 5.23. The number of guanidine groups is 1. The zero-order chi connectivity index (χ0) is 17.3. The highest BCUT2D eigenvalue weighted by Gasteiger charge is 2.26. The van der Waals surface area contributed by atoms with Crippen molar-refractivity contribution in [3.8, 4) is 5.75 Å². The first-order chi connectivity index (χ1) is 10.9. The molecule has 24 heavy (non-hydrogen) atoms. The summed E-state index contributed by atoms with van der Waals surface area (Å²) in [7, 11) is 1.50. The first-order valence-electron chi connectivity index (χ1n) is 7.28. The van der Waals surface area contributed by atoms with E-state index in [1.54, 1.807) is 18.2 Å². The van der Waals surface area contributed by atoms with Crippen LogP contribution in [0.3, 0.4) is 0 Å². The smallest absolute Gasteiger partial charge is 0.390 e. The number of hydrogen-bond acceptors (Lipinski definition) is 2. The van der Waals surface area contributed by atoms with Gasteiger partial charge in [0.05, 0.1) is 18.0 Å². The van der Waals surface area contributed by atoms with Crippen LogP contribution in [0.2, 0.25) is 5.02 Å². The highest BCUT2D eigenvalue weighted by Crippen LogP contribution is 2.24. The van der Waals surface area contributed by atoms with Gasteiger partial charge in [-0.3, -0.25) is 4.99 Å². The van der Waals surface area contributed by atoms with E-state index in [4.69, 9.17) is 16.3 Å². The SMILES string of the molecule is CCC(CNC(=NC)NCCC(F)(F)F)Oc1ccccc1Cl.I. The average Bonchev–Trinajstić information content (AvgIpc) is 2.50. The fourth-order valence-electron chi connectivity index (χ4n) is 1.74. The van der Waals surface area contributed by atoms with Crippen LogP contribution in [0, 0.1) is 0 Å². The number of hydrogen-bond donors (Lipinski definition) is 2. The third-order valence-electron chi connectivity index (χ3n) is 3.01. The fraction of sp³-hybridized carbons (Fsp3) is 0.533. The molecule has 2 N–H and O–H groups in total. The van der Waals surface area contributed by atoms with Gasteiger partial charge in [-0.25, -0.2) is 0 Å². The van der Waals surface area contributed by atoms with Crippen molar-refractivity contribution in [2.24, 2.45) is 4.99 Å². The number of rotatable bonds is 7. The zero-order valence-corrected chi connectivity index (χ0v) is 16.6. The first kappa shape index (κ1) is 23.1. The van der Waals surface area contributed by atoms with Gasteiger partial charge in [0.1, 0.15) is 11.9 Å². The molecule has 4 nitrogen and oxygen atoms in total. The molecule has 0 fully saturated rings. The summed E-state index contributed by atoms with van der Waals surface area (Å²) < 4.78 is 42.2. The summed E-state index contributed by atoms with van der Waals surface area (Å²) in [5.41, 5.74) is 0. The number of para-hydroxylation sites is 1. The van der Waals surface area contributed by atoms with Gasteiger partial charge in [-0.2, -0.15) is 13.2 Å². The Morgan fingerprint density at radius 2 is 1.96 bits per heavy atom. The minimum absolute atomic E-state index is 0. The molecule has 0 saturated carbocycles. The molecule has 0 amide bonds. The van der Waals surface area contributed by atoms with Crippen molar-refractivity contribution in [1.82, 2.24) is 10.6 Å². The number of benzene rings is 1. The molecule has 0 aliphatic rings. The van der Waals surface area contributed by atoms with Gasteiger partial charge in [-0.1, -0.05) is 30.7 Å². The minimum atomic E-state index is -4.19. The van der Waals surface area contributed by atoms with Gasteiger partial charge in [-0.15, -0.1) is 24.0 Å². The van der Waals surface area contributed by atoms with Gasteiger partial charge in [0.25, 0.3) is 0 Å². The van der Waals surface area contributed by atoms with E-state index in [2.05, 4.69) is 15.6 Å². The van der Waals surface area contributed by atoms with Gasteiger partial charge >= 0.3 is 6.18 Å². The molecule has 0 aliphatic heterocycles. The van der Waals surface area contributed by atoms with Crippen molar-refractivity contribution in [3.63, 3.8) is 0 Å². The Morgan fingerprint density at radius 1 is 1.29 bits per heavy atom. The lowest BCUT2D eigenvalue weighted by atomic mass is 10.2. The van der Waals surface area contributed by atoms with E-state index < -0.39 is 12.6 Å². The molecule has 1 atom stereocenters. The van der Waals surface area contributed by atoms with Crippen molar-refractivity contribution in [1.29, 1.82) is 0 Å². The summed E-state index contributed by atoms with van der Waals surface area (Å²) >= 11 is 6.04. The van der Waals surface area contributed by atoms with Crippen molar-refractivity contribution in [3.05, 3.63) is 29.3 Å². The van der Waals surface area contributed by atoms with Gasteiger partial charge in [-0.05, 0) is 18.6 Å². The number of nitrogens with one attached hydrogen (secondary N) is 2. The van der Waals surface area contributed by atoms with E-state index in [9.17, 15) is 13.2 Å². The summed E-state index contributed by atoms with van der Waals surface area (Å²) in [6.07, 6.45) is -4.58. The van der Waals surface area contributed by atoms with Crippen LogP contribution in [0.15, 0.2) is 29.3 Å². The van der Waals surface area contributed by atoms with E-state index in [0.717, 1.165) is 0 Å². The monoisotopic (exact) mass is 479 g/mol. The van der Waals surface area contributed by atoms with Crippen molar-refractivity contribution < 1.29 is 17.9 Å². The lowest BCUT2D eigenvalue weighted by Gasteiger charge is -2.20. The summed E-state index contributed by atoms with van der Waals surface area (Å²) in [5.74, 6) is 0.873. The van der Waals surface area contributed by atoms with Crippen LogP contribution in [0.5, 0.6) is 5.75 Å². The molecule has 9 heteroatoms. The predicted octanol–water partition coefficient (Wildman–Crippen LogP) is 4.23. The maximum Gasteiger partial charge on any atom is 0.390 e. The maximum absolute atomic E-state index is 12.1.